The summed E-state index contributed by atoms with van der Waals surface area (Å²) in [7, 11) is -4.46. The first-order valence-electron chi connectivity index (χ1n) is 17.6. The molecule has 13 nitrogen and oxygen atoms in total. The second-order valence-corrected chi connectivity index (χ2v) is 15.2. The number of hydrogen-bond acceptors (Lipinski definition) is 7. The Morgan fingerprint density at radius 1 is 0.964 bits per heavy atom. The van der Waals surface area contributed by atoms with E-state index in [1.165, 1.54) is 42.9 Å². The molecule has 0 saturated carbocycles. The van der Waals surface area contributed by atoms with Crippen LogP contribution in [-0.4, -0.2) is 67.9 Å². The molecule has 3 aromatic carbocycles. The van der Waals surface area contributed by atoms with Gasteiger partial charge in [-0.3, -0.25) is 13.9 Å². The van der Waals surface area contributed by atoms with Crippen LogP contribution in [0.5, 0.6) is 0 Å². The standard InChI is InChI=1S/C39H38F3N7O6S/c1-22-23(2)32(20-34(24(22)3)56(53,54)55)28-14-17-46(18-15-28)36(50)25(4)45-37(51)48-35(33-13-16-44-49(33)30-11-9-27(21-43)10-12-30)26(5)47(38(48)52)31-8-6-7-29(19-31)39(40,41)42/h6-13,16,19-20,25,28H,14-15,17-18H2,1-5H3,(H,45,51)(H,53,54,55)/t25-/m0/s1. The van der Waals surface area contributed by atoms with Crippen molar-refractivity contribution in [1.29, 1.82) is 5.26 Å². The molecule has 2 N–H and O–H groups in total. The van der Waals surface area contributed by atoms with Gasteiger partial charge in [-0.2, -0.15) is 31.9 Å². The zero-order chi connectivity index (χ0) is 40.9. The van der Waals surface area contributed by atoms with E-state index in [-0.39, 0.29) is 46.7 Å². The zero-order valence-corrected chi connectivity index (χ0v) is 31.9. The minimum Gasteiger partial charge on any atom is -0.341 e. The quantitative estimate of drug-likeness (QED) is 0.183. The number of halogens is 3. The van der Waals surface area contributed by atoms with Crippen molar-refractivity contribution in [3.8, 4) is 28.8 Å². The number of nitriles is 1. The van der Waals surface area contributed by atoms with Crippen LogP contribution >= 0.6 is 0 Å². The fraction of sp³-hybridized carbons (Fsp3) is 0.308. The molecule has 0 radical (unpaired) electrons. The maximum Gasteiger partial charge on any atom is 0.416 e. The van der Waals surface area contributed by atoms with Crippen molar-refractivity contribution in [2.45, 2.75) is 70.5 Å². The number of imidazole rings is 1. The van der Waals surface area contributed by atoms with Crippen LogP contribution in [-0.2, 0) is 21.1 Å². The highest BCUT2D eigenvalue weighted by Gasteiger charge is 2.34. The molecule has 56 heavy (non-hydrogen) atoms. The van der Waals surface area contributed by atoms with E-state index in [2.05, 4.69) is 10.4 Å². The highest BCUT2D eigenvalue weighted by Crippen LogP contribution is 2.36. The molecule has 0 bridgehead atoms. The Morgan fingerprint density at radius 3 is 2.23 bits per heavy atom. The average Bonchev–Trinajstić information content (AvgIpc) is 3.74. The number of carbonyl (C=O) groups is 2. The summed E-state index contributed by atoms with van der Waals surface area (Å²) in [5.74, 6) is -0.553. The van der Waals surface area contributed by atoms with E-state index in [1.807, 2.05) is 13.0 Å². The lowest BCUT2D eigenvalue weighted by Gasteiger charge is -2.35. The Labute approximate surface area is 320 Å². The molecular formula is C39H38F3N7O6S. The van der Waals surface area contributed by atoms with Gasteiger partial charge in [0.25, 0.3) is 10.1 Å². The van der Waals surface area contributed by atoms with E-state index in [0.717, 1.165) is 44.0 Å². The largest absolute Gasteiger partial charge is 0.416 e. The minimum atomic E-state index is -4.71. The molecule has 2 aromatic heterocycles. The SMILES string of the molecule is Cc1c(C2CCN(C(=O)[C@H](C)NC(=O)n3c(-c4ccnn4-c4ccc(C#N)cc4)c(C)n(-c4cccc(C(F)(F)F)c4)c3=O)CC2)cc(S(=O)(=O)O)c(C)c1C. The molecule has 6 rings (SSSR count). The maximum absolute atomic E-state index is 14.2. The molecular weight excluding hydrogens is 752 g/mol. The monoisotopic (exact) mass is 789 g/mol. The van der Waals surface area contributed by atoms with Crippen LogP contribution in [0.15, 0.2) is 76.6 Å². The third kappa shape index (κ3) is 7.37. The van der Waals surface area contributed by atoms with E-state index in [4.69, 9.17) is 0 Å². The summed E-state index contributed by atoms with van der Waals surface area (Å²) in [5, 5.41) is 16.2. The fourth-order valence-electron chi connectivity index (χ4n) is 7.31. The summed E-state index contributed by atoms with van der Waals surface area (Å²) in [4.78, 5) is 43.5. The van der Waals surface area contributed by atoms with Gasteiger partial charge in [0.05, 0.1) is 51.1 Å². The van der Waals surface area contributed by atoms with Crippen LogP contribution in [0.2, 0.25) is 0 Å². The molecule has 1 saturated heterocycles. The van der Waals surface area contributed by atoms with Gasteiger partial charge < -0.3 is 10.2 Å². The van der Waals surface area contributed by atoms with Crippen LogP contribution in [0, 0.1) is 39.0 Å². The maximum atomic E-state index is 14.2. The third-order valence-corrected chi connectivity index (χ3v) is 11.5. The number of rotatable bonds is 7. The highest BCUT2D eigenvalue weighted by molar-refractivity contribution is 7.85. The van der Waals surface area contributed by atoms with Crippen LogP contribution in [0.4, 0.5) is 18.0 Å². The number of aromatic nitrogens is 4. The summed E-state index contributed by atoms with van der Waals surface area (Å²) < 4.78 is 78.4. The Morgan fingerprint density at radius 2 is 1.62 bits per heavy atom. The van der Waals surface area contributed by atoms with Gasteiger partial charge >= 0.3 is 17.9 Å². The number of alkyl halides is 3. The highest BCUT2D eigenvalue weighted by atomic mass is 32.2. The molecule has 17 heteroatoms. The van der Waals surface area contributed by atoms with Crippen molar-refractivity contribution in [2.75, 3.05) is 13.1 Å². The van der Waals surface area contributed by atoms with E-state index in [9.17, 15) is 45.8 Å². The second-order valence-electron chi connectivity index (χ2n) is 13.8. The lowest BCUT2D eigenvalue weighted by atomic mass is 9.84. The van der Waals surface area contributed by atoms with Gasteiger partial charge in [-0.1, -0.05) is 6.07 Å². The Kier molecular flexibility index (Phi) is 10.6. The molecule has 3 heterocycles. The van der Waals surface area contributed by atoms with Gasteiger partial charge in [0.1, 0.15) is 11.7 Å². The number of nitrogens with zero attached hydrogens (tertiary/aromatic N) is 6. The molecule has 292 valence electrons. The van der Waals surface area contributed by atoms with Crippen molar-refractivity contribution >= 4 is 22.1 Å². The van der Waals surface area contributed by atoms with Crippen molar-refractivity contribution in [3.63, 3.8) is 0 Å². The van der Waals surface area contributed by atoms with Gasteiger partial charge in [0.2, 0.25) is 5.91 Å². The van der Waals surface area contributed by atoms with Crippen LogP contribution in [0.1, 0.15) is 64.8 Å². The van der Waals surface area contributed by atoms with Crippen molar-refractivity contribution in [1.82, 2.24) is 29.1 Å². The average molecular weight is 790 g/mol. The molecule has 0 unspecified atom stereocenters. The summed E-state index contributed by atoms with van der Waals surface area (Å²) in [5.41, 5.74) is 1.92. The third-order valence-electron chi connectivity index (χ3n) is 10.5. The van der Waals surface area contributed by atoms with Crippen molar-refractivity contribution in [3.05, 3.63) is 116 Å². The van der Waals surface area contributed by atoms with Gasteiger partial charge in [-0.25, -0.2) is 18.8 Å². The molecule has 1 aliphatic rings. The van der Waals surface area contributed by atoms with E-state index in [1.54, 1.807) is 43.0 Å². The molecule has 1 fully saturated rings. The molecule has 0 spiro atoms. The van der Waals surface area contributed by atoms with Gasteiger partial charge in [0, 0.05) is 13.1 Å². The fourth-order valence-corrected chi connectivity index (χ4v) is 8.13. The second kappa shape index (κ2) is 14.9. The summed E-state index contributed by atoms with van der Waals surface area (Å²) in [6.07, 6.45) is -2.35. The molecule has 1 aliphatic heterocycles. The van der Waals surface area contributed by atoms with E-state index < -0.39 is 45.5 Å². The van der Waals surface area contributed by atoms with Gasteiger partial charge in [-0.15, -0.1) is 0 Å². The molecule has 0 aliphatic carbocycles. The van der Waals surface area contributed by atoms with E-state index >= 15 is 0 Å². The van der Waals surface area contributed by atoms with Crippen LogP contribution < -0.4 is 11.0 Å². The van der Waals surface area contributed by atoms with Gasteiger partial charge in [0.15, 0.2) is 0 Å². The van der Waals surface area contributed by atoms with Crippen molar-refractivity contribution in [2.24, 2.45) is 0 Å². The molecule has 1 atom stereocenters. The van der Waals surface area contributed by atoms with Crippen molar-refractivity contribution < 1.29 is 35.7 Å². The molecule has 2 amide bonds. The lowest BCUT2D eigenvalue weighted by Crippen LogP contribution is -2.51. The first kappa shape index (κ1) is 39.7. The predicted octanol–water partition coefficient (Wildman–Crippen LogP) is 6.21. The number of carbonyl (C=O) groups excluding carboxylic acids is 2. The van der Waals surface area contributed by atoms with E-state index in [0.29, 0.717) is 29.7 Å². The number of likely N-dealkylation sites (tertiary alicyclic amines) is 1. The normalized spacial score (nSPS) is 14.4. The Bertz CT molecular complexity index is 2580. The minimum absolute atomic E-state index is 0.000240. The first-order chi connectivity index (χ1) is 26.3. The van der Waals surface area contributed by atoms with Crippen LogP contribution in [0.3, 0.4) is 0 Å². The predicted molar refractivity (Wildman–Crippen MR) is 199 cm³/mol. The number of hydrogen-bond donors (Lipinski definition) is 2. The summed E-state index contributed by atoms with van der Waals surface area (Å²) in [6.45, 7) is 8.80. The Balaban J connectivity index is 1.31. The smallest absolute Gasteiger partial charge is 0.341 e. The topological polar surface area (TPSA) is 172 Å². The number of piperidine rings is 1. The summed E-state index contributed by atoms with van der Waals surface area (Å²) in [6, 6.07) is 13.3. The van der Waals surface area contributed by atoms with Gasteiger partial charge in [-0.05, 0) is 130 Å². The zero-order valence-electron chi connectivity index (χ0n) is 31.0. The lowest BCUT2D eigenvalue weighted by molar-refractivity contribution is -0.137. The van der Waals surface area contributed by atoms with Crippen LogP contribution in [0.25, 0.3) is 22.8 Å². The molecule has 5 aromatic rings. The first-order valence-corrected chi connectivity index (χ1v) is 19.0. The number of nitrogens with one attached hydrogen (secondary N) is 1. The Hall–Kier alpha value is -5.99. The number of benzene rings is 3. The number of amides is 2. The summed E-state index contributed by atoms with van der Waals surface area (Å²) >= 11 is 0.